The molecule has 0 unspecified atom stereocenters. The summed E-state index contributed by atoms with van der Waals surface area (Å²) in [5.41, 5.74) is 5.36. The molecular formula is C37H37BrN2O5. The van der Waals surface area contributed by atoms with Crippen LogP contribution in [-0.2, 0) is 22.7 Å². The number of carbonyl (C=O) groups is 2. The standard InChI is InChI=1S/C37H37BrN2O5/c1-36(2)17-28-34(30(41)19-36)33(27-16-25(38)13-14-32(27)45-22-24-11-8-12-26(15-24)40(43)44)35-29(18-37(3,4)20-31(35)42)39(28)21-23-9-6-5-7-10-23/h5-16,33H,17-22H2,1-4H3. The van der Waals surface area contributed by atoms with E-state index in [1.54, 1.807) is 12.1 Å². The lowest BCUT2D eigenvalue weighted by Crippen LogP contribution is -2.44. The third kappa shape index (κ3) is 6.25. The topological polar surface area (TPSA) is 89.8 Å². The summed E-state index contributed by atoms with van der Waals surface area (Å²) in [5.74, 6) is 0.0724. The summed E-state index contributed by atoms with van der Waals surface area (Å²) < 4.78 is 7.18. The van der Waals surface area contributed by atoms with Crippen LogP contribution in [0.15, 0.2) is 99.8 Å². The first kappa shape index (κ1) is 31.0. The number of nitrogens with zero attached hydrogens (tertiary/aromatic N) is 2. The maximum atomic E-state index is 14.3. The predicted molar refractivity (Wildman–Crippen MR) is 176 cm³/mol. The number of non-ortho nitro benzene ring substituents is 1. The monoisotopic (exact) mass is 668 g/mol. The molecule has 2 aliphatic carbocycles. The lowest BCUT2D eigenvalue weighted by molar-refractivity contribution is -0.384. The molecule has 3 aliphatic rings. The highest BCUT2D eigenvalue weighted by Crippen LogP contribution is 2.56. The van der Waals surface area contributed by atoms with Crippen molar-refractivity contribution in [1.82, 2.24) is 4.90 Å². The molecule has 3 aromatic carbocycles. The second-order valence-electron chi connectivity index (χ2n) is 14.0. The van der Waals surface area contributed by atoms with Gasteiger partial charge in [0.25, 0.3) is 5.69 Å². The van der Waals surface area contributed by atoms with Crippen molar-refractivity contribution in [2.45, 2.75) is 72.4 Å². The van der Waals surface area contributed by atoms with E-state index in [-0.39, 0.29) is 34.7 Å². The van der Waals surface area contributed by atoms with Gasteiger partial charge in [0.05, 0.1) is 4.92 Å². The predicted octanol–water partition coefficient (Wildman–Crippen LogP) is 8.82. The van der Waals surface area contributed by atoms with E-state index in [1.165, 1.54) is 12.1 Å². The molecule has 0 N–H and O–H groups in total. The van der Waals surface area contributed by atoms with Crippen molar-refractivity contribution in [2.75, 3.05) is 0 Å². The smallest absolute Gasteiger partial charge is 0.269 e. The minimum atomic E-state index is -0.577. The van der Waals surface area contributed by atoms with Crippen LogP contribution in [0.2, 0.25) is 0 Å². The van der Waals surface area contributed by atoms with Crippen molar-refractivity contribution < 1.29 is 19.2 Å². The molecule has 3 aromatic rings. The van der Waals surface area contributed by atoms with Gasteiger partial charge in [-0.25, -0.2) is 0 Å². The van der Waals surface area contributed by atoms with Crippen LogP contribution in [0.3, 0.4) is 0 Å². The fourth-order valence-corrected chi connectivity index (χ4v) is 7.49. The first-order chi connectivity index (χ1) is 21.3. The molecule has 7 nitrogen and oxygen atoms in total. The number of ketones is 2. The Morgan fingerprint density at radius 2 is 1.42 bits per heavy atom. The van der Waals surface area contributed by atoms with Gasteiger partial charge >= 0.3 is 0 Å². The number of rotatable bonds is 7. The molecule has 8 heteroatoms. The highest BCUT2D eigenvalue weighted by atomic mass is 79.9. The Morgan fingerprint density at radius 1 is 0.822 bits per heavy atom. The molecule has 6 rings (SSSR count). The summed E-state index contributed by atoms with van der Waals surface area (Å²) in [7, 11) is 0. The minimum absolute atomic E-state index is 0.00616. The summed E-state index contributed by atoms with van der Waals surface area (Å²) >= 11 is 3.64. The Kier molecular flexibility index (Phi) is 8.06. The summed E-state index contributed by atoms with van der Waals surface area (Å²) in [5, 5.41) is 11.4. The molecule has 0 atom stereocenters. The molecule has 45 heavy (non-hydrogen) atoms. The van der Waals surface area contributed by atoms with Crippen LogP contribution < -0.4 is 4.74 Å². The fourth-order valence-electron chi connectivity index (χ4n) is 7.11. The van der Waals surface area contributed by atoms with E-state index in [0.717, 1.165) is 27.0 Å². The Balaban J connectivity index is 1.52. The Morgan fingerprint density at radius 3 is 2.02 bits per heavy atom. The van der Waals surface area contributed by atoms with Crippen LogP contribution in [0.1, 0.15) is 76.0 Å². The Hall–Kier alpha value is -4.04. The van der Waals surface area contributed by atoms with Crippen molar-refractivity contribution in [1.29, 1.82) is 0 Å². The molecule has 0 aromatic heterocycles. The first-order valence-electron chi connectivity index (χ1n) is 15.3. The van der Waals surface area contributed by atoms with Crippen molar-refractivity contribution in [3.05, 3.63) is 127 Å². The van der Waals surface area contributed by atoms with Crippen LogP contribution in [-0.4, -0.2) is 21.4 Å². The molecule has 232 valence electrons. The van der Waals surface area contributed by atoms with Crippen LogP contribution in [0.4, 0.5) is 5.69 Å². The van der Waals surface area contributed by atoms with Gasteiger partial charge in [-0.1, -0.05) is 86.1 Å². The van der Waals surface area contributed by atoms with Crippen molar-refractivity contribution in [3.63, 3.8) is 0 Å². The summed E-state index contributed by atoms with van der Waals surface area (Å²) in [6.45, 7) is 9.22. The molecule has 0 spiro atoms. The zero-order valence-electron chi connectivity index (χ0n) is 26.1. The van der Waals surface area contributed by atoms with Crippen molar-refractivity contribution in [2.24, 2.45) is 10.8 Å². The number of benzene rings is 3. The Labute approximate surface area is 272 Å². The van der Waals surface area contributed by atoms with E-state index in [1.807, 2.05) is 36.4 Å². The molecular weight excluding hydrogens is 632 g/mol. The minimum Gasteiger partial charge on any atom is -0.489 e. The highest BCUT2D eigenvalue weighted by Gasteiger charge is 2.49. The third-order valence-corrected chi connectivity index (χ3v) is 9.50. The summed E-state index contributed by atoms with van der Waals surface area (Å²) in [4.78, 5) is 41.8. The fraction of sp³-hybridized carbons (Fsp3) is 0.351. The maximum Gasteiger partial charge on any atom is 0.269 e. The number of nitro benzene ring substituents is 1. The number of Topliss-reactive ketones (excluding diaryl/α,β-unsaturated/α-hetero) is 2. The molecule has 1 aliphatic heterocycles. The van der Waals surface area contributed by atoms with E-state index in [0.29, 0.717) is 54.7 Å². The molecule has 1 heterocycles. The molecule has 0 amide bonds. The number of halogens is 1. The van der Waals surface area contributed by atoms with Gasteiger partial charge in [-0.3, -0.25) is 19.7 Å². The van der Waals surface area contributed by atoms with Crippen LogP contribution in [0, 0.1) is 20.9 Å². The number of ether oxygens (including phenoxy) is 1. The zero-order chi connectivity index (χ0) is 32.1. The second kappa shape index (κ2) is 11.7. The third-order valence-electron chi connectivity index (χ3n) is 9.00. The highest BCUT2D eigenvalue weighted by molar-refractivity contribution is 9.10. The van der Waals surface area contributed by atoms with Gasteiger partial charge in [-0.2, -0.15) is 0 Å². The number of hydrogen-bond acceptors (Lipinski definition) is 6. The average Bonchev–Trinajstić information content (AvgIpc) is 2.96. The van der Waals surface area contributed by atoms with Gasteiger partial charge in [-0.05, 0) is 53.0 Å². The molecule has 0 radical (unpaired) electrons. The lowest BCUT2D eigenvalue weighted by atomic mass is 9.63. The maximum absolute atomic E-state index is 14.3. The van der Waals surface area contributed by atoms with E-state index in [2.05, 4.69) is 60.7 Å². The molecule has 0 bridgehead atoms. The number of carbonyl (C=O) groups excluding carboxylic acids is 2. The van der Waals surface area contributed by atoms with Gasteiger partial charge in [0.2, 0.25) is 0 Å². The van der Waals surface area contributed by atoms with Gasteiger partial charge in [0, 0.05) is 70.0 Å². The number of nitro groups is 1. The Bertz CT molecular complexity index is 1720. The lowest BCUT2D eigenvalue weighted by Gasteiger charge is -2.49. The zero-order valence-corrected chi connectivity index (χ0v) is 27.6. The largest absolute Gasteiger partial charge is 0.489 e. The normalized spacial score (nSPS) is 19.4. The van der Waals surface area contributed by atoms with Crippen molar-refractivity contribution in [3.8, 4) is 5.75 Å². The van der Waals surface area contributed by atoms with Crippen LogP contribution in [0.25, 0.3) is 0 Å². The number of hydrogen-bond donors (Lipinski definition) is 0. The van der Waals surface area contributed by atoms with E-state index in [9.17, 15) is 19.7 Å². The summed E-state index contributed by atoms with van der Waals surface area (Å²) in [6, 6.07) is 22.3. The molecule has 0 saturated heterocycles. The van der Waals surface area contributed by atoms with Crippen molar-refractivity contribution >= 4 is 33.2 Å². The van der Waals surface area contributed by atoms with E-state index >= 15 is 0 Å². The van der Waals surface area contributed by atoms with Gasteiger partial charge in [0.1, 0.15) is 12.4 Å². The average molecular weight is 670 g/mol. The quantitative estimate of drug-likeness (QED) is 0.185. The number of allylic oxidation sites excluding steroid dienone is 4. The van der Waals surface area contributed by atoms with Gasteiger partial charge in [-0.15, -0.1) is 0 Å². The molecule has 0 fully saturated rings. The van der Waals surface area contributed by atoms with E-state index < -0.39 is 10.8 Å². The van der Waals surface area contributed by atoms with Gasteiger partial charge < -0.3 is 9.64 Å². The second-order valence-corrected chi connectivity index (χ2v) is 14.9. The SMILES string of the molecule is CC1(C)CC(=O)C2=C(C1)N(Cc1ccccc1)C1=C(C(=O)CC(C)(C)C1)C2c1cc(Br)ccc1OCc1cccc([N+](=O)[O-])c1. The first-order valence-corrected chi connectivity index (χ1v) is 16.1. The van der Waals surface area contributed by atoms with Crippen LogP contribution in [0.5, 0.6) is 5.75 Å². The molecule has 0 saturated carbocycles. The van der Waals surface area contributed by atoms with E-state index in [4.69, 9.17) is 4.74 Å². The van der Waals surface area contributed by atoms with Gasteiger partial charge in [0.15, 0.2) is 11.6 Å². The summed E-state index contributed by atoms with van der Waals surface area (Å²) in [6.07, 6.45) is 2.20. The van der Waals surface area contributed by atoms with Crippen LogP contribution >= 0.6 is 15.9 Å².